The molecular formula is C17H16F3N. The smallest absolute Gasteiger partial charge is 0.315 e. The van der Waals surface area contributed by atoms with Crippen molar-refractivity contribution in [1.29, 1.82) is 0 Å². The van der Waals surface area contributed by atoms with Gasteiger partial charge in [0, 0.05) is 18.5 Å². The van der Waals surface area contributed by atoms with Gasteiger partial charge in [0.15, 0.2) is 0 Å². The second-order valence-corrected chi connectivity index (χ2v) is 5.62. The van der Waals surface area contributed by atoms with Crippen LogP contribution >= 0.6 is 0 Å². The second kappa shape index (κ2) is 5.19. The Morgan fingerprint density at radius 1 is 0.905 bits per heavy atom. The summed E-state index contributed by atoms with van der Waals surface area (Å²) in [5.41, 5.74) is 1.59. The summed E-state index contributed by atoms with van der Waals surface area (Å²) >= 11 is 0. The average Bonchev–Trinajstić information content (AvgIpc) is 2.43. The molecule has 3 rings (SSSR count). The zero-order chi connectivity index (χ0) is 14.9. The Morgan fingerprint density at radius 3 is 2.00 bits per heavy atom. The first kappa shape index (κ1) is 14.1. The van der Waals surface area contributed by atoms with Gasteiger partial charge in [-0.1, -0.05) is 42.5 Å². The van der Waals surface area contributed by atoms with Crippen molar-refractivity contribution in [2.75, 3.05) is 13.1 Å². The lowest BCUT2D eigenvalue weighted by molar-refractivity contribution is -0.137. The molecule has 0 aliphatic carbocycles. The van der Waals surface area contributed by atoms with E-state index in [-0.39, 0.29) is 5.41 Å². The predicted molar refractivity (Wildman–Crippen MR) is 76.1 cm³/mol. The van der Waals surface area contributed by atoms with Crippen LogP contribution in [-0.4, -0.2) is 13.1 Å². The van der Waals surface area contributed by atoms with E-state index in [1.807, 2.05) is 18.2 Å². The van der Waals surface area contributed by atoms with Gasteiger partial charge in [0.25, 0.3) is 0 Å². The first-order valence-corrected chi connectivity index (χ1v) is 6.92. The standard InChI is InChI=1S/C17H16F3N/c18-17(19,20)15-8-6-13(7-9-15)10-16(11-21-12-16)14-4-2-1-3-5-14/h1-9,21H,10-12H2. The van der Waals surface area contributed by atoms with Crippen LogP contribution in [0.15, 0.2) is 54.6 Å². The molecule has 0 bridgehead atoms. The van der Waals surface area contributed by atoms with Gasteiger partial charge in [-0.25, -0.2) is 0 Å². The van der Waals surface area contributed by atoms with Crippen LogP contribution in [0.25, 0.3) is 0 Å². The number of nitrogens with one attached hydrogen (secondary N) is 1. The molecule has 0 spiro atoms. The van der Waals surface area contributed by atoms with Crippen molar-refractivity contribution >= 4 is 0 Å². The number of hydrogen-bond donors (Lipinski definition) is 1. The third-order valence-electron chi connectivity index (χ3n) is 4.14. The van der Waals surface area contributed by atoms with E-state index in [2.05, 4.69) is 17.4 Å². The van der Waals surface area contributed by atoms with Gasteiger partial charge in [-0.15, -0.1) is 0 Å². The molecule has 4 heteroatoms. The van der Waals surface area contributed by atoms with E-state index >= 15 is 0 Å². The summed E-state index contributed by atoms with van der Waals surface area (Å²) in [5, 5.41) is 3.28. The molecule has 1 heterocycles. The summed E-state index contributed by atoms with van der Waals surface area (Å²) < 4.78 is 37.8. The molecule has 110 valence electrons. The molecule has 0 aromatic heterocycles. The molecule has 2 aromatic rings. The Kier molecular flexibility index (Phi) is 3.49. The number of halogens is 3. The fourth-order valence-corrected chi connectivity index (χ4v) is 2.85. The number of hydrogen-bond acceptors (Lipinski definition) is 1. The molecule has 0 radical (unpaired) electrons. The van der Waals surface area contributed by atoms with E-state index < -0.39 is 11.7 Å². The van der Waals surface area contributed by atoms with Crippen molar-refractivity contribution in [2.24, 2.45) is 0 Å². The summed E-state index contributed by atoms with van der Waals surface area (Å²) in [5.74, 6) is 0. The molecule has 0 atom stereocenters. The van der Waals surface area contributed by atoms with Gasteiger partial charge in [-0.2, -0.15) is 13.2 Å². The SMILES string of the molecule is FC(F)(F)c1ccc(CC2(c3ccccc3)CNC2)cc1. The van der Waals surface area contributed by atoms with Gasteiger partial charge < -0.3 is 5.32 Å². The predicted octanol–water partition coefficient (Wildman–Crippen LogP) is 3.79. The maximum Gasteiger partial charge on any atom is 0.416 e. The van der Waals surface area contributed by atoms with Crippen LogP contribution in [0.3, 0.4) is 0 Å². The van der Waals surface area contributed by atoms with Crippen molar-refractivity contribution in [3.05, 3.63) is 71.3 Å². The lowest BCUT2D eigenvalue weighted by Crippen LogP contribution is -2.58. The van der Waals surface area contributed by atoms with E-state index in [0.717, 1.165) is 25.1 Å². The Balaban J connectivity index is 1.82. The molecule has 2 aromatic carbocycles. The van der Waals surface area contributed by atoms with E-state index in [9.17, 15) is 13.2 Å². The molecule has 1 aliphatic heterocycles. The summed E-state index contributed by atoms with van der Waals surface area (Å²) in [4.78, 5) is 0. The molecule has 1 aliphatic rings. The molecule has 0 unspecified atom stereocenters. The van der Waals surface area contributed by atoms with Crippen LogP contribution in [-0.2, 0) is 18.0 Å². The minimum Gasteiger partial charge on any atom is -0.315 e. The Labute approximate surface area is 121 Å². The lowest BCUT2D eigenvalue weighted by atomic mass is 9.71. The zero-order valence-corrected chi connectivity index (χ0v) is 11.5. The quantitative estimate of drug-likeness (QED) is 0.907. The van der Waals surface area contributed by atoms with Crippen LogP contribution in [0, 0.1) is 0 Å². The first-order chi connectivity index (χ1) is 10.00. The van der Waals surface area contributed by atoms with E-state index in [0.29, 0.717) is 0 Å². The Morgan fingerprint density at radius 2 is 1.52 bits per heavy atom. The van der Waals surface area contributed by atoms with Crippen LogP contribution < -0.4 is 5.32 Å². The molecule has 0 saturated carbocycles. The van der Waals surface area contributed by atoms with Gasteiger partial charge in [-0.05, 0) is 29.7 Å². The highest BCUT2D eigenvalue weighted by molar-refractivity contribution is 5.34. The highest BCUT2D eigenvalue weighted by Crippen LogP contribution is 2.34. The highest BCUT2D eigenvalue weighted by Gasteiger charge is 2.38. The molecule has 1 nitrogen and oxygen atoms in total. The van der Waals surface area contributed by atoms with Crippen LogP contribution in [0.1, 0.15) is 16.7 Å². The summed E-state index contributed by atoms with van der Waals surface area (Å²) in [6.45, 7) is 1.72. The zero-order valence-electron chi connectivity index (χ0n) is 11.5. The molecule has 21 heavy (non-hydrogen) atoms. The fraction of sp³-hybridized carbons (Fsp3) is 0.294. The minimum atomic E-state index is -4.27. The van der Waals surface area contributed by atoms with Gasteiger partial charge in [-0.3, -0.25) is 0 Å². The van der Waals surface area contributed by atoms with Crippen molar-refractivity contribution in [2.45, 2.75) is 18.0 Å². The van der Waals surface area contributed by atoms with Gasteiger partial charge in [0.2, 0.25) is 0 Å². The van der Waals surface area contributed by atoms with Gasteiger partial charge in [0.05, 0.1) is 5.56 Å². The van der Waals surface area contributed by atoms with Crippen molar-refractivity contribution in [3.63, 3.8) is 0 Å². The largest absolute Gasteiger partial charge is 0.416 e. The maximum atomic E-state index is 12.6. The lowest BCUT2D eigenvalue weighted by Gasteiger charge is -2.43. The summed E-state index contributed by atoms with van der Waals surface area (Å²) in [6.07, 6.45) is -3.52. The van der Waals surface area contributed by atoms with E-state index in [4.69, 9.17) is 0 Å². The number of alkyl halides is 3. The van der Waals surface area contributed by atoms with Crippen molar-refractivity contribution < 1.29 is 13.2 Å². The first-order valence-electron chi connectivity index (χ1n) is 6.92. The normalized spacial score (nSPS) is 17.3. The van der Waals surface area contributed by atoms with Crippen LogP contribution in [0.5, 0.6) is 0 Å². The topological polar surface area (TPSA) is 12.0 Å². The van der Waals surface area contributed by atoms with Crippen molar-refractivity contribution in [1.82, 2.24) is 5.32 Å². The maximum absolute atomic E-state index is 12.6. The average molecular weight is 291 g/mol. The van der Waals surface area contributed by atoms with E-state index in [1.54, 1.807) is 12.1 Å². The Hall–Kier alpha value is -1.81. The Bertz CT molecular complexity index is 598. The molecule has 1 N–H and O–H groups in total. The van der Waals surface area contributed by atoms with Gasteiger partial charge in [0.1, 0.15) is 0 Å². The molecule has 0 amide bonds. The van der Waals surface area contributed by atoms with Crippen LogP contribution in [0.2, 0.25) is 0 Å². The fourth-order valence-electron chi connectivity index (χ4n) is 2.85. The molecule has 1 fully saturated rings. The van der Waals surface area contributed by atoms with E-state index in [1.165, 1.54) is 17.7 Å². The number of benzene rings is 2. The summed E-state index contributed by atoms with van der Waals surface area (Å²) in [6, 6.07) is 15.7. The minimum absolute atomic E-state index is 0.00100. The second-order valence-electron chi connectivity index (χ2n) is 5.62. The summed E-state index contributed by atoms with van der Waals surface area (Å²) in [7, 11) is 0. The highest BCUT2D eigenvalue weighted by atomic mass is 19.4. The van der Waals surface area contributed by atoms with Crippen molar-refractivity contribution in [3.8, 4) is 0 Å². The van der Waals surface area contributed by atoms with Gasteiger partial charge >= 0.3 is 6.18 Å². The van der Waals surface area contributed by atoms with Crippen LogP contribution in [0.4, 0.5) is 13.2 Å². The molecular weight excluding hydrogens is 275 g/mol. The monoisotopic (exact) mass is 291 g/mol. The third-order valence-corrected chi connectivity index (χ3v) is 4.14. The number of rotatable bonds is 3. The molecule has 1 saturated heterocycles. The third kappa shape index (κ3) is 2.81.